The molecular weight excluding hydrogens is 344 g/mol. The molecule has 1 saturated heterocycles. The number of rotatable bonds is 3. The van der Waals surface area contributed by atoms with Crippen LogP contribution in [0.4, 0.5) is 5.69 Å². The van der Waals surface area contributed by atoms with Crippen molar-refractivity contribution >= 4 is 27.5 Å². The monoisotopic (exact) mass is 360 g/mol. The lowest BCUT2D eigenvalue weighted by Gasteiger charge is -2.12. The van der Waals surface area contributed by atoms with Crippen LogP contribution in [0.25, 0.3) is 0 Å². The zero-order valence-corrected chi connectivity index (χ0v) is 13.7. The fourth-order valence-corrected chi connectivity index (χ4v) is 3.06. The Hall–Kier alpha value is -1.76. The first-order valence-electron chi connectivity index (χ1n) is 7.11. The molecule has 1 aliphatic rings. The summed E-state index contributed by atoms with van der Waals surface area (Å²) >= 11 is 3.47. The Morgan fingerprint density at radius 1 is 1.36 bits per heavy atom. The number of hydrogen-bond acceptors (Lipinski definition) is 4. The van der Waals surface area contributed by atoms with Crippen LogP contribution in [0.1, 0.15) is 23.6 Å². The van der Waals surface area contributed by atoms with Crippen LogP contribution in [0.2, 0.25) is 0 Å². The van der Waals surface area contributed by atoms with Gasteiger partial charge in [0.2, 0.25) is 5.91 Å². The summed E-state index contributed by atoms with van der Waals surface area (Å²) in [5.41, 5.74) is 9.19. The van der Waals surface area contributed by atoms with Gasteiger partial charge in [-0.3, -0.25) is 9.78 Å². The molecule has 2 unspecified atom stereocenters. The normalized spacial score (nSPS) is 20.8. The van der Waals surface area contributed by atoms with Gasteiger partial charge in [0.05, 0.1) is 5.69 Å². The molecule has 2 atom stereocenters. The van der Waals surface area contributed by atoms with Crippen molar-refractivity contribution in [2.24, 2.45) is 0 Å². The van der Waals surface area contributed by atoms with Gasteiger partial charge in [0.25, 0.3) is 0 Å². The number of aromatic nitrogens is 1. The molecule has 114 valence electrons. The topological polar surface area (TPSA) is 66.0 Å². The number of hydrogen-bond donors (Lipinski definition) is 3. The number of benzene rings is 1. The van der Waals surface area contributed by atoms with Gasteiger partial charge in [-0.25, -0.2) is 10.9 Å². The van der Waals surface area contributed by atoms with Gasteiger partial charge in [-0.15, -0.1) is 0 Å². The average molecular weight is 361 g/mol. The summed E-state index contributed by atoms with van der Waals surface area (Å²) in [7, 11) is 0. The van der Waals surface area contributed by atoms with Crippen molar-refractivity contribution in [3.05, 3.63) is 58.3 Å². The molecule has 1 aromatic heterocycles. The molecule has 6 heteroatoms. The van der Waals surface area contributed by atoms with Crippen LogP contribution in [-0.2, 0) is 4.79 Å². The number of pyridine rings is 1. The number of nitrogens with one attached hydrogen (secondary N) is 3. The van der Waals surface area contributed by atoms with Gasteiger partial charge < -0.3 is 5.32 Å². The molecule has 2 aromatic rings. The van der Waals surface area contributed by atoms with Crippen molar-refractivity contribution in [2.75, 3.05) is 5.32 Å². The zero-order valence-electron chi connectivity index (χ0n) is 12.1. The lowest BCUT2D eigenvalue weighted by molar-refractivity contribution is -0.117. The van der Waals surface area contributed by atoms with E-state index >= 15 is 0 Å². The largest absolute Gasteiger partial charge is 0.324 e. The van der Waals surface area contributed by atoms with Gasteiger partial charge in [0.15, 0.2) is 0 Å². The Morgan fingerprint density at radius 2 is 2.23 bits per heavy atom. The molecule has 0 saturated carbocycles. The van der Waals surface area contributed by atoms with E-state index in [4.69, 9.17) is 0 Å². The number of anilines is 1. The van der Waals surface area contributed by atoms with E-state index in [-0.39, 0.29) is 18.0 Å². The predicted molar refractivity (Wildman–Crippen MR) is 89.2 cm³/mol. The zero-order chi connectivity index (χ0) is 15.5. The van der Waals surface area contributed by atoms with E-state index in [1.807, 2.05) is 43.5 Å². The highest BCUT2D eigenvalue weighted by atomic mass is 79.9. The number of nitrogens with zero attached hydrogens (tertiary/aromatic N) is 1. The molecular formula is C16H17BrN4O. The predicted octanol–water partition coefficient (Wildman–Crippen LogP) is 2.70. The fourth-order valence-electron chi connectivity index (χ4n) is 2.47. The standard InChI is InChI=1S/C16H17BrN4O/c1-10-4-5-13(12(17)7-10)19-16(22)15-8-14(20-21-15)11-3-2-6-18-9-11/h2-7,9,14-15,20-21H,8H2,1H3,(H,19,22). The van der Waals surface area contributed by atoms with Crippen molar-refractivity contribution < 1.29 is 4.79 Å². The van der Waals surface area contributed by atoms with E-state index in [9.17, 15) is 4.79 Å². The summed E-state index contributed by atoms with van der Waals surface area (Å²) in [5.74, 6) is -0.0524. The van der Waals surface area contributed by atoms with E-state index in [0.29, 0.717) is 6.42 Å². The van der Waals surface area contributed by atoms with Crippen LogP contribution >= 0.6 is 15.9 Å². The van der Waals surface area contributed by atoms with Gasteiger partial charge in [-0.1, -0.05) is 12.1 Å². The Bertz CT molecular complexity index is 677. The number of carbonyl (C=O) groups is 1. The first kappa shape index (κ1) is 15.1. The first-order valence-corrected chi connectivity index (χ1v) is 7.91. The second-order valence-electron chi connectivity index (χ2n) is 5.39. The number of amides is 1. The summed E-state index contributed by atoms with van der Waals surface area (Å²) < 4.78 is 0.885. The molecule has 0 radical (unpaired) electrons. The summed E-state index contributed by atoms with van der Waals surface area (Å²) in [6.07, 6.45) is 4.24. The number of carbonyl (C=O) groups excluding carboxylic acids is 1. The second-order valence-corrected chi connectivity index (χ2v) is 6.24. The highest BCUT2D eigenvalue weighted by molar-refractivity contribution is 9.10. The molecule has 1 aliphatic heterocycles. The van der Waals surface area contributed by atoms with Gasteiger partial charge in [0.1, 0.15) is 6.04 Å². The molecule has 0 spiro atoms. The third-order valence-corrected chi connectivity index (χ3v) is 4.35. The second kappa shape index (κ2) is 6.56. The third kappa shape index (κ3) is 3.35. The van der Waals surface area contributed by atoms with Crippen molar-refractivity contribution in [3.63, 3.8) is 0 Å². The van der Waals surface area contributed by atoms with Crippen molar-refractivity contribution in [1.82, 2.24) is 15.8 Å². The molecule has 5 nitrogen and oxygen atoms in total. The Morgan fingerprint density at radius 3 is 2.95 bits per heavy atom. The van der Waals surface area contributed by atoms with Gasteiger partial charge in [-0.05, 0) is 58.6 Å². The summed E-state index contributed by atoms with van der Waals surface area (Å²) in [6.45, 7) is 2.01. The van der Waals surface area contributed by atoms with Crippen LogP contribution in [0.15, 0.2) is 47.2 Å². The summed E-state index contributed by atoms with van der Waals surface area (Å²) in [4.78, 5) is 16.5. The van der Waals surface area contributed by atoms with Crippen LogP contribution in [0.3, 0.4) is 0 Å². The Labute approximate surface area is 137 Å². The van der Waals surface area contributed by atoms with Gasteiger partial charge in [-0.2, -0.15) is 0 Å². The molecule has 1 fully saturated rings. The third-order valence-electron chi connectivity index (χ3n) is 3.69. The molecule has 22 heavy (non-hydrogen) atoms. The van der Waals surface area contributed by atoms with Crippen LogP contribution < -0.4 is 16.2 Å². The minimum atomic E-state index is -0.279. The van der Waals surface area contributed by atoms with E-state index in [1.165, 1.54) is 0 Å². The maximum atomic E-state index is 12.4. The molecule has 3 N–H and O–H groups in total. The molecule has 2 heterocycles. The molecule has 0 bridgehead atoms. The molecule has 0 aliphatic carbocycles. The van der Waals surface area contributed by atoms with Crippen LogP contribution in [0.5, 0.6) is 0 Å². The van der Waals surface area contributed by atoms with Crippen molar-refractivity contribution in [2.45, 2.75) is 25.4 Å². The minimum Gasteiger partial charge on any atom is -0.324 e. The maximum Gasteiger partial charge on any atom is 0.242 e. The maximum absolute atomic E-state index is 12.4. The number of hydrazine groups is 1. The van der Waals surface area contributed by atoms with Crippen LogP contribution in [-0.4, -0.2) is 16.9 Å². The number of halogens is 1. The van der Waals surface area contributed by atoms with E-state index in [2.05, 4.69) is 37.1 Å². The lowest BCUT2D eigenvalue weighted by Crippen LogP contribution is -2.39. The first-order chi connectivity index (χ1) is 10.6. The average Bonchev–Trinajstić information content (AvgIpc) is 3.01. The highest BCUT2D eigenvalue weighted by Crippen LogP contribution is 2.25. The fraction of sp³-hybridized carbons (Fsp3) is 0.250. The quantitative estimate of drug-likeness (QED) is 0.787. The van der Waals surface area contributed by atoms with Gasteiger partial charge >= 0.3 is 0 Å². The van der Waals surface area contributed by atoms with Crippen molar-refractivity contribution in [1.29, 1.82) is 0 Å². The van der Waals surface area contributed by atoms with E-state index in [1.54, 1.807) is 6.20 Å². The summed E-state index contributed by atoms with van der Waals surface area (Å²) in [6, 6.07) is 9.56. The molecule has 1 aromatic carbocycles. The minimum absolute atomic E-state index is 0.0524. The Balaban J connectivity index is 1.64. The highest BCUT2D eigenvalue weighted by Gasteiger charge is 2.30. The van der Waals surface area contributed by atoms with Gasteiger partial charge in [0, 0.05) is 22.9 Å². The smallest absolute Gasteiger partial charge is 0.242 e. The van der Waals surface area contributed by atoms with Crippen LogP contribution in [0, 0.1) is 6.92 Å². The molecule has 3 rings (SSSR count). The summed E-state index contributed by atoms with van der Waals surface area (Å²) in [5, 5.41) is 2.95. The lowest BCUT2D eigenvalue weighted by atomic mass is 10.0. The van der Waals surface area contributed by atoms with E-state index in [0.717, 1.165) is 21.3 Å². The van der Waals surface area contributed by atoms with E-state index < -0.39 is 0 Å². The Kier molecular flexibility index (Phi) is 4.52. The van der Waals surface area contributed by atoms with Crippen molar-refractivity contribution in [3.8, 4) is 0 Å². The molecule has 1 amide bonds. The number of aryl methyl sites for hydroxylation is 1. The SMILES string of the molecule is Cc1ccc(NC(=O)C2CC(c3cccnc3)NN2)c(Br)c1.